The predicted molar refractivity (Wildman–Crippen MR) is 69.2 cm³/mol. The molecule has 98 valence electrons. The van der Waals surface area contributed by atoms with E-state index >= 15 is 0 Å². The summed E-state index contributed by atoms with van der Waals surface area (Å²) in [5.41, 5.74) is 0. The van der Waals surface area contributed by atoms with Crippen LogP contribution in [0.5, 0.6) is 0 Å². The molecule has 4 nitrogen and oxygen atoms in total. The Morgan fingerprint density at radius 2 is 2.12 bits per heavy atom. The van der Waals surface area contributed by atoms with Gasteiger partial charge in [-0.3, -0.25) is 9.59 Å². The second-order valence-corrected chi connectivity index (χ2v) is 5.59. The molecular formula is C12H21NO3S. The van der Waals surface area contributed by atoms with Crippen molar-refractivity contribution in [1.82, 2.24) is 4.90 Å². The molecule has 1 aliphatic heterocycles. The van der Waals surface area contributed by atoms with E-state index in [2.05, 4.69) is 0 Å². The van der Waals surface area contributed by atoms with E-state index in [0.29, 0.717) is 19.4 Å². The van der Waals surface area contributed by atoms with Gasteiger partial charge in [-0.05, 0) is 38.2 Å². The number of carboxylic acid groups (broad SMARTS) is 1. The SMILES string of the molecule is CSCCCC(=O)N1CC(C(=O)O)CCC1C. The highest BCUT2D eigenvalue weighted by molar-refractivity contribution is 7.98. The second-order valence-electron chi connectivity index (χ2n) is 4.60. The van der Waals surface area contributed by atoms with Crippen molar-refractivity contribution in [2.75, 3.05) is 18.6 Å². The first-order chi connectivity index (χ1) is 8.06. The van der Waals surface area contributed by atoms with Gasteiger partial charge < -0.3 is 10.0 Å². The van der Waals surface area contributed by atoms with E-state index in [1.807, 2.05) is 13.2 Å². The third-order valence-corrected chi connectivity index (χ3v) is 3.99. The number of hydrogen-bond donors (Lipinski definition) is 1. The maximum atomic E-state index is 12.0. The van der Waals surface area contributed by atoms with Crippen LogP contribution in [-0.4, -0.2) is 46.5 Å². The fraction of sp³-hybridized carbons (Fsp3) is 0.833. The van der Waals surface area contributed by atoms with Gasteiger partial charge in [-0.2, -0.15) is 11.8 Å². The monoisotopic (exact) mass is 259 g/mol. The van der Waals surface area contributed by atoms with E-state index in [-0.39, 0.29) is 17.9 Å². The summed E-state index contributed by atoms with van der Waals surface area (Å²) in [6.45, 7) is 2.39. The number of carboxylic acids is 1. The molecule has 0 aromatic carbocycles. The summed E-state index contributed by atoms with van der Waals surface area (Å²) in [5, 5.41) is 9.00. The molecule has 1 fully saturated rings. The summed E-state index contributed by atoms with van der Waals surface area (Å²) in [5.74, 6) is -0.0666. The Balaban J connectivity index is 2.48. The van der Waals surface area contributed by atoms with Crippen molar-refractivity contribution in [3.8, 4) is 0 Å². The first-order valence-corrected chi connectivity index (χ1v) is 7.46. The van der Waals surface area contributed by atoms with Crippen molar-refractivity contribution in [1.29, 1.82) is 0 Å². The van der Waals surface area contributed by atoms with Gasteiger partial charge in [-0.1, -0.05) is 0 Å². The average Bonchev–Trinajstić information content (AvgIpc) is 2.29. The Bertz CT molecular complexity index is 283. The summed E-state index contributed by atoms with van der Waals surface area (Å²) < 4.78 is 0. The zero-order chi connectivity index (χ0) is 12.8. The Morgan fingerprint density at radius 3 is 2.71 bits per heavy atom. The standard InChI is InChI=1S/C12H21NO3S/c1-9-5-6-10(12(15)16)8-13(9)11(14)4-3-7-17-2/h9-10H,3-8H2,1-2H3,(H,15,16). The number of nitrogens with zero attached hydrogens (tertiary/aromatic N) is 1. The molecule has 1 rings (SSSR count). The molecule has 1 amide bonds. The van der Waals surface area contributed by atoms with Gasteiger partial charge in [0.25, 0.3) is 0 Å². The van der Waals surface area contributed by atoms with Gasteiger partial charge in [-0.15, -0.1) is 0 Å². The lowest BCUT2D eigenvalue weighted by Crippen LogP contribution is -2.47. The highest BCUT2D eigenvalue weighted by Gasteiger charge is 2.31. The van der Waals surface area contributed by atoms with E-state index in [1.165, 1.54) is 0 Å². The molecule has 0 radical (unpaired) electrons. The van der Waals surface area contributed by atoms with Crippen molar-refractivity contribution < 1.29 is 14.7 Å². The van der Waals surface area contributed by atoms with Crippen molar-refractivity contribution in [3.05, 3.63) is 0 Å². The fourth-order valence-corrected chi connectivity index (χ4v) is 2.60. The first kappa shape index (κ1) is 14.4. The maximum absolute atomic E-state index is 12.0. The van der Waals surface area contributed by atoms with Gasteiger partial charge in [0.1, 0.15) is 0 Å². The molecule has 0 aromatic heterocycles. The van der Waals surface area contributed by atoms with Crippen LogP contribution in [0.4, 0.5) is 0 Å². The third kappa shape index (κ3) is 4.22. The Hall–Kier alpha value is -0.710. The molecule has 2 unspecified atom stereocenters. The molecule has 1 heterocycles. The Kier molecular flexibility index (Phi) is 5.82. The lowest BCUT2D eigenvalue weighted by atomic mass is 9.93. The molecular weight excluding hydrogens is 238 g/mol. The number of piperidine rings is 1. The molecule has 0 spiro atoms. The van der Waals surface area contributed by atoms with Crippen LogP contribution in [-0.2, 0) is 9.59 Å². The smallest absolute Gasteiger partial charge is 0.308 e. The molecule has 1 saturated heterocycles. The lowest BCUT2D eigenvalue weighted by molar-refractivity contribution is -0.147. The van der Waals surface area contributed by atoms with Crippen LogP contribution in [0.2, 0.25) is 0 Å². The minimum absolute atomic E-state index is 0.109. The van der Waals surface area contributed by atoms with Gasteiger partial charge in [0.15, 0.2) is 0 Å². The Labute approximate surface area is 107 Å². The van der Waals surface area contributed by atoms with E-state index in [1.54, 1.807) is 16.7 Å². The number of likely N-dealkylation sites (tertiary alicyclic amines) is 1. The zero-order valence-corrected chi connectivity index (χ0v) is 11.3. The van der Waals surface area contributed by atoms with Crippen molar-refractivity contribution in [2.24, 2.45) is 5.92 Å². The molecule has 0 aromatic rings. The number of carbonyl (C=O) groups is 2. The number of hydrogen-bond acceptors (Lipinski definition) is 3. The van der Waals surface area contributed by atoms with Gasteiger partial charge in [0.05, 0.1) is 5.92 Å². The van der Waals surface area contributed by atoms with Gasteiger partial charge in [0, 0.05) is 19.0 Å². The molecule has 1 aliphatic rings. The fourth-order valence-electron chi connectivity index (χ4n) is 2.17. The maximum Gasteiger partial charge on any atom is 0.308 e. The van der Waals surface area contributed by atoms with Gasteiger partial charge in [-0.25, -0.2) is 0 Å². The molecule has 0 bridgehead atoms. The number of thioether (sulfide) groups is 1. The first-order valence-electron chi connectivity index (χ1n) is 6.07. The molecule has 1 N–H and O–H groups in total. The number of aliphatic carboxylic acids is 1. The number of amides is 1. The van der Waals surface area contributed by atoms with Crippen LogP contribution in [0, 0.1) is 5.92 Å². The largest absolute Gasteiger partial charge is 0.481 e. The van der Waals surface area contributed by atoms with Crippen LogP contribution >= 0.6 is 11.8 Å². The highest BCUT2D eigenvalue weighted by Crippen LogP contribution is 2.23. The third-order valence-electron chi connectivity index (χ3n) is 3.29. The molecule has 5 heteroatoms. The predicted octanol–water partition coefficient (Wildman–Crippen LogP) is 1.84. The average molecular weight is 259 g/mol. The van der Waals surface area contributed by atoms with Crippen molar-refractivity contribution >= 4 is 23.6 Å². The summed E-state index contributed by atoms with van der Waals surface area (Å²) in [7, 11) is 0. The normalized spacial score (nSPS) is 24.7. The molecule has 17 heavy (non-hydrogen) atoms. The zero-order valence-electron chi connectivity index (χ0n) is 10.5. The van der Waals surface area contributed by atoms with Crippen LogP contribution in [0.25, 0.3) is 0 Å². The van der Waals surface area contributed by atoms with Crippen LogP contribution in [0.15, 0.2) is 0 Å². The minimum atomic E-state index is -0.779. The molecule has 0 aliphatic carbocycles. The van der Waals surface area contributed by atoms with Gasteiger partial charge >= 0.3 is 5.97 Å². The number of carbonyl (C=O) groups excluding carboxylic acids is 1. The van der Waals surface area contributed by atoms with Crippen molar-refractivity contribution in [3.63, 3.8) is 0 Å². The van der Waals surface area contributed by atoms with Crippen LogP contribution < -0.4 is 0 Å². The molecule has 2 atom stereocenters. The highest BCUT2D eigenvalue weighted by atomic mass is 32.2. The second kappa shape index (κ2) is 6.89. The summed E-state index contributed by atoms with van der Waals surface area (Å²) in [6.07, 6.45) is 4.92. The topological polar surface area (TPSA) is 57.6 Å². The summed E-state index contributed by atoms with van der Waals surface area (Å²) in [4.78, 5) is 24.7. The van der Waals surface area contributed by atoms with Gasteiger partial charge in [0.2, 0.25) is 5.91 Å². The quantitative estimate of drug-likeness (QED) is 0.765. The minimum Gasteiger partial charge on any atom is -0.481 e. The van der Waals surface area contributed by atoms with E-state index in [4.69, 9.17) is 5.11 Å². The van der Waals surface area contributed by atoms with E-state index < -0.39 is 5.97 Å². The molecule has 0 saturated carbocycles. The Morgan fingerprint density at radius 1 is 1.41 bits per heavy atom. The summed E-state index contributed by atoms with van der Waals surface area (Å²) >= 11 is 1.73. The van der Waals surface area contributed by atoms with E-state index in [9.17, 15) is 9.59 Å². The number of rotatable bonds is 5. The van der Waals surface area contributed by atoms with Crippen LogP contribution in [0.3, 0.4) is 0 Å². The summed E-state index contributed by atoms with van der Waals surface area (Å²) in [6, 6.07) is 0.187. The van der Waals surface area contributed by atoms with Crippen molar-refractivity contribution in [2.45, 2.75) is 38.6 Å². The van der Waals surface area contributed by atoms with E-state index in [0.717, 1.165) is 18.6 Å². The van der Waals surface area contributed by atoms with Crippen LogP contribution in [0.1, 0.15) is 32.6 Å². The lowest BCUT2D eigenvalue weighted by Gasteiger charge is -2.36.